The molecule has 2 aromatic rings. The summed E-state index contributed by atoms with van der Waals surface area (Å²) >= 11 is 0. The van der Waals surface area contributed by atoms with Gasteiger partial charge in [-0.05, 0) is 30.7 Å². The quantitative estimate of drug-likeness (QED) is 0.848. The van der Waals surface area contributed by atoms with Gasteiger partial charge in [-0.15, -0.1) is 13.2 Å². The Morgan fingerprint density at radius 3 is 2.15 bits per heavy atom. The summed E-state index contributed by atoms with van der Waals surface area (Å²) in [6, 6.07) is 9.10. The first-order valence-electron chi connectivity index (χ1n) is 5.93. The average Bonchev–Trinajstić information content (AvgIpc) is 2.39. The van der Waals surface area contributed by atoms with Crippen molar-refractivity contribution < 1.29 is 22.6 Å². The number of hydrogen-bond donors (Lipinski definition) is 0. The predicted octanol–water partition coefficient (Wildman–Crippen LogP) is 4.05. The number of aromatic nitrogens is 1. The van der Waals surface area contributed by atoms with E-state index in [2.05, 4.69) is 9.72 Å². The zero-order chi connectivity index (χ0) is 14.6. The maximum Gasteiger partial charge on any atom is 0.573 e. The Kier molecular flexibility index (Phi) is 4.12. The third kappa shape index (κ3) is 3.88. The fraction of sp³-hybridized carbons (Fsp3) is 0.214. The Morgan fingerprint density at radius 1 is 1.00 bits per heavy atom. The van der Waals surface area contributed by atoms with E-state index in [1.165, 1.54) is 12.1 Å². The highest BCUT2D eigenvalue weighted by Gasteiger charge is 2.30. The number of rotatable bonds is 4. The van der Waals surface area contributed by atoms with E-state index in [1.807, 2.05) is 6.92 Å². The van der Waals surface area contributed by atoms with Crippen molar-refractivity contribution in [3.8, 4) is 22.8 Å². The number of halogens is 3. The molecule has 0 spiro atoms. The third-order valence-electron chi connectivity index (χ3n) is 2.45. The van der Waals surface area contributed by atoms with Gasteiger partial charge in [0.2, 0.25) is 5.88 Å². The monoisotopic (exact) mass is 283 g/mol. The van der Waals surface area contributed by atoms with Gasteiger partial charge in [-0.2, -0.15) is 0 Å². The lowest BCUT2D eigenvalue weighted by atomic mass is 10.1. The molecular weight excluding hydrogens is 271 g/mol. The standard InChI is InChI=1S/C14H12F3NO2/c1-2-19-13-8-5-11(9-18-13)10-3-6-12(7-4-10)20-14(15,16)17/h3-9H,2H2,1H3. The second-order valence-corrected chi connectivity index (χ2v) is 3.89. The number of ether oxygens (including phenoxy) is 2. The Balaban J connectivity index is 2.13. The lowest BCUT2D eigenvalue weighted by Gasteiger charge is -2.09. The molecule has 1 aromatic heterocycles. The Bertz CT molecular complexity index is 550. The summed E-state index contributed by atoms with van der Waals surface area (Å²) in [4.78, 5) is 4.09. The lowest BCUT2D eigenvalue weighted by Crippen LogP contribution is -2.16. The molecule has 0 unspecified atom stereocenters. The zero-order valence-electron chi connectivity index (χ0n) is 10.6. The highest BCUT2D eigenvalue weighted by Crippen LogP contribution is 2.26. The minimum Gasteiger partial charge on any atom is -0.478 e. The third-order valence-corrected chi connectivity index (χ3v) is 2.45. The van der Waals surface area contributed by atoms with Crippen LogP contribution in [0.15, 0.2) is 42.6 Å². The first kappa shape index (κ1) is 14.2. The van der Waals surface area contributed by atoms with Gasteiger partial charge >= 0.3 is 6.36 Å². The smallest absolute Gasteiger partial charge is 0.478 e. The fourth-order valence-corrected chi connectivity index (χ4v) is 1.63. The summed E-state index contributed by atoms with van der Waals surface area (Å²) < 4.78 is 45.1. The van der Waals surface area contributed by atoms with E-state index in [9.17, 15) is 13.2 Å². The molecule has 0 N–H and O–H groups in total. The van der Waals surface area contributed by atoms with Gasteiger partial charge in [0.15, 0.2) is 0 Å². The van der Waals surface area contributed by atoms with Crippen LogP contribution >= 0.6 is 0 Å². The first-order valence-corrected chi connectivity index (χ1v) is 5.93. The van der Waals surface area contributed by atoms with E-state index in [0.29, 0.717) is 12.5 Å². The summed E-state index contributed by atoms with van der Waals surface area (Å²) in [5.74, 6) is 0.258. The Labute approximate surface area is 114 Å². The first-order chi connectivity index (χ1) is 9.48. The molecule has 0 amide bonds. The molecule has 0 saturated carbocycles. The van der Waals surface area contributed by atoms with Crippen molar-refractivity contribution in [2.75, 3.05) is 6.61 Å². The predicted molar refractivity (Wildman–Crippen MR) is 67.5 cm³/mol. The Morgan fingerprint density at radius 2 is 1.65 bits per heavy atom. The van der Waals surface area contributed by atoms with Gasteiger partial charge in [-0.3, -0.25) is 0 Å². The average molecular weight is 283 g/mol. The van der Waals surface area contributed by atoms with Gasteiger partial charge in [0.25, 0.3) is 0 Å². The van der Waals surface area contributed by atoms with Crippen molar-refractivity contribution >= 4 is 0 Å². The summed E-state index contributed by atoms with van der Waals surface area (Å²) in [6.07, 6.45) is -3.08. The summed E-state index contributed by atoms with van der Waals surface area (Å²) in [6.45, 7) is 2.38. The molecule has 0 aliphatic carbocycles. The highest BCUT2D eigenvalue weighted by molar-refractivity contribution is 5.63. The van der Waals surface area contributed by atoms with Crippen molar-refractivity contribution in [2.24, 2.45) is 0 Å². The normalized spacial score (nSPS) is 11.2. The largest absolute Gasteiger partial charge is 0.573 e. The molecule has 2 rings (SSSR count). The van der Waals surface area contributed by atoms with E-state index in [1.54, 1.807) is 30.5 Å². The minimum absolute atomic E-state index is 0.250. The van der Waals surface area contributed by atoms with E-state index in [-0.39, 0.29) is 5.75 Å². The van der Waals surface area contributed by atoms with E-state index < -0.39 is 6.36 Å². The zero-order valence-corrected chi connectivity index (χ0v) is 10.6. The van der Waals surface area contributed by atoms with Crippen molar-refractivity contribution in [1.82, 2.24) is 4.98 Å². The van der Waals surface area contributed by atoms with Gasteiger partial charge in [0.05, 0.1) is 6.61 Å². The van der Waals surface area contributed by atoms with E-state index in [4.69, 9.17) is 4.74 Å². The van der Waals surface area contributed by atoms with Gasteiger partial charge in [0, 0.05) is 17.8 Å². The van der Waals surface area contributed by atoms with Crippen LogP contribution in [0.3, 0.4) is 0 Å². The fourth-order valence-electron chi connectivity index (χ4n) is 1.63. The Hall–Kier alpha value is -2.24. The molecule has 0 bridgehead atoms. The van der Waals surface area contributed by atoms with Gasteiger partial charge < -0.3 is 9.47 Å². The molecule has 0 aliphatic heterocycles. The molecule has 1 aromatic carbocycles. The summed E-state index contributed by atoms with van der Waals surface area (Å²) in [7, 11) is 0. The molecule has 0 radical (unpaired) electrons. The molecule has 3 nitrogen and oxygen atoms in total. The van der Waals surface area contributed by atoms with Crippen LogP contribution in [0.25, 0.3) is 11.1 Å². The molecule has 106 valence electrons. The van der Waals surface area contributed by atoms with E-state index in [0.717, 1.165) is 11.1 Å². The van der Waals surface area contributed by atoms with Gasteiger partial charge in [-0.25, -0.2) is 4.98 Å². The van der Waals surface area contributed by atoms with Crippen LogP contribution in [0.5, 0.6) is 11.6 Å². The number of benzene rings is 1. The van der Waals surface area contributed by atoms with Crippen LogP contribution in [-0.2, 0) is 0 Å². The molecular formula is C14H12F3NO2. The maximum atomic E-state index is 12.0. The molecule has 0 saturated heterocycles. The number of nitrogens with zero attached hydrogens (tertiary/aromatic N) is 1. The lowest BCUT2D eigenvalue weighted by molar-refractivity contribution is -0.274. The van der Waals surface area contributed by atoms with Crippen LogP contribution in [0.4, 0.5) is 13.2 Å². The molecule has 0 fully saturated rings. The molecule has 6 heteroatoms. The van der Waals surface area contributed by atoms with Gasteiger partial charge in [0.1, 0.15) is 5.75 Å². The SMILES string of the molecule is CCOc1ccc(-c2ccc(OC(F)(F)F)cc2)cn1. The maximum absolute atomic E-state index is 12.0. The molecule has 1 heterocycles. The molecule has 0 atom stereocenters. The van der Waals surface area contributed by atoms with Crippen molar-refractivity contribution in [2.45, 2.75) is 13.3 Å². The number of hydrogen-bond acceptors (Lipinski definition) is 3. The van der Waals surface area contributed by atoms with Crippen LogP contribution in [0, 0.1) is 0 Å². The van der Waals surface area contributed by atoms with Gasteiger partial charge in [-0.1, -0.05) is 12.1 Å². The van der Waals surface area contributed by atoms with Crippen molar-refractivity contribution in [3.63, 3.8) is 0 Å². The van der Waals surface area contributed by atoms with Crippen LogP contribution in [-0.4, -0.2) is 18.0 Å². The second kappa shape index (κ2) is 5.81. The van der Waals surface area contributed by atoms with Crippen molar-refractivity contribution in [1.29, 1.82) is 0 Å². The molecule has 20 heavy (non-hydrogen) atoms. The minimum atomic E-state index is -4.68. The van der Waals surface area contributed by atoms with Crippen LogP contribution in [0.1, 0.15) is 6.92 Å². The molecule has 0 aliphatic rings. The number of pyridine rings is 1. The number of alkyl halides is 3. The second-order valence-electron chi connectivity index (χ2n) is 3.89. The summed E-state index contributed by atoms with van der Waals surface area (Å²) in [5.41, 5.74) is 1.53. The van der Waals surface area contributed by atoms with E-state index >= 15 is 0 Å². The van der Waals surface area contributed by atoms with Crippen molar-refractivity contribution in [3.05, 3.63) is 42.6 Å². The summed E-state index contributed by atoms with van der Waals surface area (Å²) in [5, 5.41) is 0. The highest BCUT2D eigenvalue weighted by atomic mass is 19.4. The topological polar surface area (TPSA) is 31.4 Å². The van der Waals surface area contributed by atoms with Crippen LogP contribution in [0.2, 0.25) is 0 Å². The van der Waals surface area contributed by atoms with Crippen LogP contribution < -0.4 is 9.47 Å².